The molecule has 31 heavy (non-hydrogen) atoms. The van der Waals surface area contributed by atoms with Gasteiger partial charge in [-0.3, -0.25) is 14.5 Å². The molecule has 1 aliphatic carbocycles. The standard InChI is InChI=1S/C20H17F3N4O4/c21-20(22,23)31-13-7-5-11(6-8-13)16(17(29)12-3-4-12)26-19(30)27-10-15(28)25-14-2-1-9-24-18(14)27/h1-2,5-9,12,16H,3-4,10H2,(H,25,28)(H,26,30). The van der Waals surface area contributed by atoms with Crippen molar-refractivity contribution in [2.45, 2.75) is 25.2 Å². The molecule has 11 heteroatoms. The molecule has 1 unspecified atom stereocenters. The quantitative estimate of drug-likeness (QED) is 0.753. The van der Waals surface area contributed by atoms with Crippen LogP contribution in [0, 0.1) is 5.92 Å². The second-order valence-electron chi connectivity index (χ2n) is 7.18. The number of pyridine rings is 1. The summed E-state index contributed by atoms with van der Waals surface area (Å²) in [7, 11) is 0. The fourth-order valence-corrected chi connectivity index (χ4v) is 3.27. The van der Waals surface area contributed by atoms with Crippen molar-refractivity contribution in [2.24, 2.45) is 5.92 Å². The molecule has 2 heterocycles. The number of carbonyl (C=O) groups excluding carboxylic acids is 3. The number of Topliss-reactive ketones (excluding diaryl/α,β-unsaturated/α-hetero) is 1. The zero-order chi connectivity index (χ0) is 22.2. The number of nitrogens with one attached hydrogen (secondary N) is 2. The number of rotatable bonds is 5. The number of fused-ring (bicyclic) bond motifs is 1. The Balaban J connectivity index is 1.57. The number of anilines is 2. The third-order valence-corrected chi connectivity index (χ3v) is 4.84. The normalized spacial score (nSPS) is 16.7. The van der Waals surface area contributed by atoms with Gasteiger partial charge in [0.25, 0.3) is 0 Å². The number of alkyl halides is 3. The first kappa shape index (κ1) is 20.6. The van der Waals surface area contributed by atoms with E-state index in [0.29, 0.717) is 24.1 Å². The fourth-order valence-electron chi connectivity index (χ4n) is 3.27. The van der Waals surface area contributed by atoms with Gasteiger partial charge >= 0.3 is 12.4 Å². The van der Waals surface area contributed by atoms with Crippen LogP contribution >= 0.6 is 0 Å². The van der Waals surface area contributed by atoms with E-state index in [-0.39, 0.29) is 24.1 Å². The largest absolute Gasteiger partial charge is 0.573 e. The van der Waals surface area contributed by atoms with Crippen molar-refractivity contribution in [3.05, 3.63) is 48.2 Å². The van der Waals surface area contributed by atoms with Gasteiger partial charge in [-0.15, -0.1) is 13.2 Å². The number of ketones is 1. The summed E-state index contributed by atoms with van der Waals surface area (Å²) >= 11 is 0. The molecule has 3 amide bonds. The maximum atomic E-state index is 13.0. The minimum absolute atomic E-state index is 0.228. The molecular weight excluding hydrogens is 417 g/mol. The van der Waals surface area contributed by atoms with Crippen molar-refractivity contribution in [1.29, 1.82) is 0 Å². The number of benzene rings is 1. The molecule has 2 aromatic rings. The van der Waals surface area contributed by atoms with E-state index in [1.54, 1.807) is 12.1 Å². The van der Waals surface area contributed by atoms with Crippen LogP contribution < -0.4 is 20.3 Å². The van der Waals surface area contributed by atoms with Gasteiger partial charge in [-0.25, -0.2) is 9.78 Å². The third kappa shape index (κ3) is 4.76. The van der Waals surface area contributed by atoms with E-state index in [1.165, 1.54) is 18.3 Å². The summed E-state index contributed by atoms with van der Waals surface area (Å²) < 4.78 is 41.0. The maximum Gasteiger partial charge on any atom is 0.573 e. The van der Waals surface area contributed by atoms with Gasteiger partial charge in [0.2, 0.25) is 5.91 Å². The minimum Gasteiger partial charge on any atom is -0.406 e. The Morgan fingerprint density at radius 3 is 2.55 bits per heavy atom. The smallest absolute Gasteiger partial charge is 0.406 e. The second kappa shape index (κ2) is 7.89. The summed E-state index contributed by atoms with van der Waals surface area (Å²) in [4.78, 5) is 43.0. The number of hydrogen-bond donors (Lipinski definition) is 2. The zero-order valence-electron chi connectivity index (χ0n) is 16.0. The van der Waals surface area contributed by atoms with Gasteiger partial charge in [0.15, 0.2) is 11.6 Å². The van der Waals surface area contributed by atoms with Crippen LogP contribution in [0.5, 0.6) is 5.75 Å². The van der Waals surface area contributed by atoms with E-state index in [2.05, 4.69) is 20.4 Å². The average molecular weight is 434 g/mol. The van der Waals surface area contributed by atoms with Crippen molar-refractivity contribution >= 4 is 29.2 Å². The third-order valence-electron chi connectivity index (χ3n) is 4.84. The molecular formula is C20H17F3N4O4. The Morgan fingerprint density at radius 1 is 1.19 bits per heavy atom. The average Bonchev–Trinajstić information content (AvgIpc) is 3.55. The Bertz CT molecular complexity index is 1020. The zero-order valence-corrected chi connectivity index (χ0v) is 16.0. The van der Waals surface area contributed by atoms with Crippen LogP contribution in [0.2, 0.25) is 0 Å². The highest BCUT2D eigenvalue weighted by atomic mass is 19.4. The first-order valence-electron chi connectivity index (χ1n) is 9.43. The van der Waals surface area contributed by atoms with Gasteiger partial charge < -0.3 is 15.4 Å². The Hall–Kier alpha value is -3.63. The summed E-state index contributed by atoms with van der Waals surface area (Å²) in [5.41, 5.74) is 0.662. The van der Waals surface area contributed by atoms with Gasteiger partial charge in [0, 0.05) is 12.1 Å². The van der Waals surface area contributed by atoms with Gasteiger partial charge in [-0.05, 0) is 42.7 Å². The molecule has 2 N–H and O–H groups in total. The molecule has 1 atom stereocenters. The van der Waals surface area contributed by atoms with Crippen molar-refractivity contribution in [1.82, 2.24) is 10.3 Å². The van der Waals surface area contributed by atoms with Gasteiger partial charge in [0.05, 0.1) is 5.69 Å². The number of ether oxygens (including phenoxy) is 1. The Kier molecular flexibility index (Phi) is 5.25. The first-order chi connectivity index (χ1) is 14.7. The van der Waals surface area contributed by atoms with E-state index in [9.17, 15) is 27.6 Å². The van der Waals surface area contributed by atoms with Crippen LogP contribution in [-0.4, -0.2) is 35.6 Å². The lowest BCUT2D eigenvalue weighted by Crippen LogP contribution is -2.49. The van der Waals surface area contributed by atoms with E-state index in [0.717, 1.165) is 17.0 Å². The van der Waals surface area contributed by atoms with Crippen LogP contribution in [0.4, 0.5) is 29.5 Å². The van der Waals surface area contributed by atoms with E-state index in [4.69, 9.17) is 0 Å². The number of hydrogen-bond acceptors (Lipinski definition) is 5. The van der Waals surface area contributed by atoms with Crippen LogP contribution in [0.1, 0.15) is 24.4 Å². The molecule has 0 spiro atoms. The highest BCUT2D eigenvalue weighted by Crippen LogP contribution is 2.36. The molecule has 1 aromatic heterocycles. The van der Waals surface area contributed by atoms with Crippen molar-refractivity contribution in [3.8, 4) is 5.75 Å². The number of urea groups is 1. The van der Waals surface area contributed by atoms with Crippen LogP contribution in [-0.2, 0) is 9.59 Å². The molecule has 0 bridgehead atoms. The lowest BCUT2D eigenvalue weighted by Gasteiger charge is -2.29. The highest BCUT2D eigenvalue weighted by molar-refractivity contribution is 6.09. The summed E-state index contributed by atoms with van der Waals surface area (Å²) in [5.74, 6) is -1.11. The molecule has 1 fully saturated rings. The number of nitrogens with zero attached hydrogens (tertiary/aromatic N) is 2. The Labute approximate surface area is 174 Å². The number of carbonyl (C=O) groups is 3. The molecule has 4 rings (SSSR count). The monoisotopic (exact) mass is 434 g/mol. The summed E-state index contributed by atoms with van der Waals surface area (Å²) in [6.45, 7) is -0.293. The second-order valence-corrected chi connectivity index (χ2v) is 7.18. The summed E-state index contributed by atoms with van der Waals surface area (Å²) in [5, 5.41) is 5.22. The van der Waals surface area contributed by atoms with Crippen molar-refractivity contribution < 1.29 is 32.3 Å². The van der Waals surface area contributed by atoms with Gasteiger partial charge in [-0.1, -0.05) is 12.1 Å². The predicted octanol–water partition coefficient (Wildman–Crippen LogP) is 3.17. The minimum atomic E-state index is -4.84. The van der Waals surface area contributed by atoms with E-state index < -0.39 is 30.1 Å². The maximum absolute atomic E-state index is 13.0. The van der Waals surface area contributed by atoms with Crippen molar-refractivity contribution in [3.63, 3.8) is 0 Å². The highest BCUT2D eigenvalue weighted by Gasteiger charge is 2.38. The Morgan fingerprint density at radius 2 is 1.90 bits per heavy atom. The van der Waals surface area contributed by atoms with Gasteiger partial charge in [-0.2, -0.15) is 0 Å². The molecule has 0 radical (unpaired) electrons. The van der Waals surface area contributed by atoms with E-state index in [1.807, 2.05) is 0 Å². The molecule has 8 nitrogen and oxygen atoms in total. The van der Waals surface area contributed by atoms with Gasteiger partial charge in [0.1, 0.15) is 18.3 Å². The van der Waals surface area contributed by atoms with Crippen LogP contribution in [0.15, 0.2) is 42.6 Å². The van der Waals surface area contributed by atoms with Crippen molar-refractivity contribution in [2.75, 3.05) is 16.8 Å². The lowest BCUT2D eigenvalue weighted by molar-refractivity contribution is -0.274. The van der Waals surface area contributed by atoms with Crippen LogP contribution in [0.25, 0.3) is 0 Å². The predicted molar refractivity (Wildman–Crippen MR) is 102 cm³/mol. The van der Waals surface area contributed by atoms with Crippen LogP contribution in [0.3, 0.4) is 0 Å². The fraction of sp³-hybridized carbons (Fsp3) is 0.300. The SMILES string of the molecule is O=C1CN(C(=O)NC(C(=O)C2CC2)c2ccc(OC(F)(F)F)cc2)c2ncccc2N1. The topological polar surface area (TPSA) is 101 Å². The number of aromatic nitrogens is 1. The molecule has 2 aliphatic rings. The molecule has 0 saturated heterocycles. The molecule has 1 saturated carbocycles. The number of halogens is 3. The first-order valence-corrected chi connectivity index (χ1v) is 9.43. The molecule has 1 aromatic carbocycles. The van der Waals surface area contributed by atoms with E-state index >= 15 is 0 Å². The molecule has 1 aliphatic heterocycles. The lowest BCUT2D eigenvalue weighted by atomic mass is 9.99. The molecule has 162 valence electrons. The number of amides is 3. The summed E-state index contributed by atoms with van der Waals surface area (Å²) in [6, 6.07) is 6.13. The summed E-state index contributed by atoms with van der Waals surface area (Å²) in [6.07, 6.45) is -2.02.